The van der Waals surface area contributed by atoms with Crippen molar-refractivity contribution in [2.75, 3.05) is 0 Å². The number of hydrogen-bond donors (Lipinski definition) is 0. The van der Waals surface area contributed by atoms with Gasteiger partial charge in [-0.25, -0.2) is 0 Å². The normalized spacial score (nSPS) is 14.5. The Morgan fingerprint density at radius 2 is 1.32 bits per heavy atom. The molecule has 0 unspecified atom stereocenters. The van der Waals surface area contributed by atoms with E-state index in [4.69, 9.17) is 0 Å². The third kappa shape index (κ3) is 3.06. The van der Waals surface area contributed by atoms with Crippen molar-refractivity contribution >= 4 is 17.8 Å². The largest absolute Gasteiger partial charge is 0.313 e. The van der Waals surface area contributed by atoms with Gasteiger partial charge < -0.3 is 4.57 Å². The number of hydrogen-bond acceptors (Lipinski definition) is 1. The van der Waals surface area contributed by atoms with Crippen molar-refractivity contribution in [1.29, 1.82) is 0 Å². The molecule has 0 spiro atoms. The summed E-state index contributed by atoms with van der Waals surface area (Å²) < 4.78 is 14.4. The predicted octanol–water partition coefficient (Wildman–Crippen LogP) is 5.36. The Bertz CT molecular complexity index is 577. The van der Waals surface area contributed by atoms with Crippen molar-refractivity contribution in [2.45, 2.75) is 51.6 Å². The molecule has 1 atom stereocenters. The first-order valence-electron chi connectivity index (χ1n) is 8.30. The molecule has 0 heterocycles. The zero-order valence-electron chi connectivity index (χ0n) is 14.0. The van der Waals surface area contributed by atoms with Gasteiger partial charge in [0.15, 0.2) is 0 Å². The first-order chi connectivity index (χ1) is 10.6. The van der Waals surface area contributed by atoms with Gasteiger partial charge in [-0.1, -0.05) is 94.3 Å². The van der Waals surface area contributed by atoms with Gasteiger partial charge in [-0.2, -0.15) is 0 Å². The van der Waals surface area contributed by atoms with Crippen LogP contribution in [0.3, 0.4) is 0 Å². The smallest absolute Gasteiger partial charge is 0.148 e. The van der Waals surface area contributed by atoms with Crippen LogP contribution < -0.4 is 10.6 Å². The van der Waals surface area contributed by atoms with Crippen LogP contribution in [0, 0.1) is 0 Å². The average molecular weight is 314 g/mol. The summed E-state index contributed by atoms with van der Waals surface area (Å²) in [5.74, 6) is 0. The van der Waals surface area contributed by atoms with Gasteiger partial charge in [0.05, 0.1) is 0 Å². The van der Waals surface area contributed by atoms with E-state index in [1.807, 2.05) is 60.7 Å². The van der Waals surface area contributed by atoms with E-state index in [1.54, 1.807) is 0 Å². The maximum Gasteiger partial charge on any atom is 0.148 e. The lowest BCUT2D eigenvalue weighted by Gasteiger charge is -2.38. The zero-order valence-corrected chi connectivity index (χ0v) is 14.9. The Kier molecular flexibility index (Phi) is 5.64. The van der Waals surface area contributed by atoms with Crippen LogP contribution in [0.4, 0.5) is 0 Å². The SMILES string of the molecule is CCCC[C@@](C)(CC)P(=O)(c1ccccc1)c1ccccc1. The quantitative estimate of drug-likeness (QED) is 0.629. The highest BCUT2D eigenvalue weighted by atomic mass is 31.2. The molecule has 1 nitrogen and oxygen atoms in total. The van der Waals surface area contributed by atoms with Crippen molar-refractivity contribution in [3.8, 4) is 0 Å². The molecule has 0 aliphatic carbocycles. The van der Waals surface area contributed by atoms with E-state index in [9.17, 15) is 4.57 Å². The molecule has 0 aliphatic rings. The van der Waals surface area contributed by atoms with Gasteiger partial charge in [0.25, 0.3) is 0 Å². The lowest BCUT2D eigenvalue weighted by atomic mass is 10.0. The summed E-state index contributed by atoms with van der Waals surface area (Å²) in [6.07, 6.45) is 4.18. The predicted molar refractivity (Wildman–Crippen MR) is 98.0 cm³/mol. The van der Waals surface area contributed by atoms with E-state index in [1.165, 1.54) is 0 Å². The Labute approximate surface area is 135 Å². The number of unbranched alkanes of at least 4 members (excludes halogenated alkanes) is 1. The topological polar surface area (TPSA) is 17.1 Å². The van der Waals surface area contributed by atoms with Crippen LogP contribution in [0.25, 0.3) is 0 Å². The molecule has 0 amide bonds. The molecule has 0 saturated carbocycles. The molecule has 0 N–H and O–H groups in total. The molecule has 0 radical (unpaired) electrons. The maximum absolute atomic E-state index is 14.4. The minimum absolute atomic E-state index is 0.189. The third-order valence-corrected chi connectivity index (χ3v) is 8.94. The fourth-order valence-corrected chi connectivity index (χ4v) is 6.81. The fourth-order valence-electron chi connectivity index (χ4n) is 3.16. The summed E-state index contributed by atoms with van der Waals surface area (Å²) in [6, 6.07) is 20.1. The highest BCUT2D eigenvalue weighted by molar-refractivity contribution is 7.80. The van der Waals surface area contributed by atoms with E-state index >= 15 is 0 Å². The van der Waals surface area contributed by atoms with Crippen molar-refractivity contribution in [3.05, 3.63) is 60.7 Å². The van der Waals surface area contributed by atoms with Gasteiger partial charge >= 0.3 is 0 Å². The van der Waals surface area contributed by atoms with Crippen LogP contribution in [-0.2, 0) is 4.57 Å². The summed E-state index contributed by atoms with van der Waals surface area (Å²) in [5.41, 5.74) is 0. The van der Waals surface area contributed by atoms with Crippen molar-refractivity contribution in [3.63, 3.8) is 0 Å². The van der Waals surface area contributed by atoms with Crippen LogP contribution in [0.5, 0.6) is 0 Å². The summed E-state index contributed by atoms with van der Waals surface area (Å²) in [7, 11) is -2.68. The van der Waals surface area contributed by atoms with Gasteiger partial charge in [0.1, 0.15) is 7.14 Å². The molecular formula is C20H27OP. The van der Waals surface area contributed by atoms with Gasteiger partial charge in [-0.15, -0.1) is 0 Å². The van der Waals surface area contributed by atoms with E-state index in [0.29, 0.717) is 0 Å². The Hall–Kier alpha value is -1.33. The average Bonchev–Trinajstić information content (AvgIpc) is 2.60. The first kappa shape index (κ1) is 17.0. The minimum atomic E-state index is -2.68. The molecule has 2 aromatic rings. The highest BCUT2D eigenvalue weighted by Crippen LogP contribution is 2.59. The molecule has 0 aliphatic heterocycles. The number of benzene rings is 2. The molecule has 0 bridgehead atoms. The van der Waals surface area contributed by atoms with Crippen LogP contribution in [-0.4, -0.2) is 5.16 Å². The number of rotatable bonds is 7. The van der Waals surface area contributed by atoms with Crippen LogP contribution in [0.2, 0.25) is 0 Å². The van der Waals surface area contributed by atoms with Crippen LogP contribution in [0.1, 0.15) is 46.5 Å². The first-order valence-corrected chi connectivity index (χ1v) is 10.0. The van der Waals surface area contributed by atoms with Gasteiger partial charge in [0, 0.05) is 15.8 Å². The summed E-state index contributed by atoms with van der Waals surface area (Å²) >= 11 is 0. The maximum atomic E-state index is 14.4. The van der Waals surface area contributed by atoms with Crippen LogP contribution in [0.15, 0.2) is 60.7 Å². The molecule has 2 rings (SSSR count). The Balaban J connectivity index is 2.63. The van der Waals surface area contributed by atoms with Gasteiger partial charge in [-0.05, 0) is 12.8 Å². The molecule has 22 heavy (non-hydrogen) atoms. The second-order valence-corrected chi connectivity index (χ2v) is 9.57. The molecule has 0 saturated heterocycles. The minimum Gasteiger partial charge on any atom is -0.313 e. The lowest BCUT2D eigenvalue weighted by Crippen LogP contribution is -2.35. The van der Waals surface area contributed by atoms with Crippen LogP contribution >= 0.6 is 7.14 Å². The molecule has 2 aromatic carbocycles. The monoisotopic (exact) mass is 314 g/mol. The summed E-state index contributed by atoms with van der Waals surface area (Å²) in [4.78, 5) is 0. The highest BCUT2D eigenvalue weighted by Gasteiger charge is 2.44. The molecule has 0 aromatic heterocycles. The van der Waals surface area contributed by atoms with E-state index in [-0.39, 0.29) is 5.16 Å². The van der Waals surface area contributed by atoms with E-state index in [0.717, 1.165) is 36.3 Å². The Morgan fingerprint density at radius 3 is 1.68 bits per heavy atom. The molecule has 118 valence electrons. The van der Waals surface area contributed by atoms with Gasteiger partial charge in [-0.3, -0.25) is 0 Å². The molecular weight excluding hydrogens is 287 g/mol. The standard InChI is InChI=1S/C20H27OP/c1-4-6-17-20(3,5-2)22(21,18-13-9-7-10-14-18)19-15-11-8-12-16-19/h7-16H,4-6,17H2,1-3H3/t20-/m1/s1. The van der Waals surface area contributed by atoms with Gasteiger partial charge in [0.2, 0.25) is 0 Å². The lowest BCUT2D eigenvalue weighted by molar-refractivity contribution is 0.488. The van der Waals surface area contributed by atoms with E-state index in [2.05, 4.69) is 20.8 Å². The second kappa shape index (κ2) is 7.29. The molecule has 0 fully saturated rings. The van der Waals surface area contributed by atoms with E-state index < -0.39 is 7.14 Å². The second-order valence-electron chi connectivity index (χ2n) is 6.23. The van der Waals surface area contributed by atoms with Crippen molar-refractivity contribution in [2.24, 2.45) is 0 Å². The molecule has 2 heteroatoms. The zero-order chi connectivity index (χ0) is 16.1. The summed E-state index contributed by atoms with van der Waals surface area (Å²) in [5, 5.41) is 1.79. The third-order valence-electron chi connectivity index (χ3n) is 4.83. The van der Waals surface area contributed by atoms with Crippen molar-refractivity contribution < 1.29 is 4.57 Å². The fraction of sp³-hybridized carbons (Fsp3) is 0.400. The summed E-state index contributed by atoms with van der Waals surface area (Å²) in [6.45, 7) is 6.59. The van der Waals surface area contributed by atoms with Crippen molar-refractivity contribution in [1.82, 2.24) is 0 Å². The Morgan fingerprint density at radius 1 is 0.864 bits per heavy atom.